The van der Waals surface area contributed by atoms with Crippen molar-refractivity contribution in [1.29, 1.82) is 0 Å². The highest BCUT2D eigenvalue weighted by Gasteiger charge is 2.59. The maximum absolute atomic E-state index is 12.4. The van der Waals surface area contributed by atoms with Gasteiger partial charge in [0.2, 0.25) is 0 Å². The first-order valence-electron chi connectivity index (χ1n) is 17.2. The summed E-state index contributed by atoms with van der Waals surface area (Å²) in [6.07, 6.45) is 18.0. The summed E-state index contributed by atoms with van der Waals surface area (Å²) >= 11 is 0. The Hall–Kier alpha value is -1.17. The smallest absolute Gasteiger partial charge is 0.296 e. The Morgan fingerprint density at radius 1 is 0.905 bits per heavy atom. The number of benzene rings is 1. The molecule has 3 unspecified atom stereocenters. The Morgan fingerprint density at radius 3 is 2.40 bits per heavy atom. The van der Waals surface area contributed by atoms with Crippen LogP contribution in [0.3, 0.4) is 0 Å². The summed E-state index contributed by atoms with van der Waals surface area (Å²) in [5.74, 6) is 5.18. The molecule has 0 heterocycles. The van der Waals surface area contributed by atoms with Gasteiger partial charge in [0.15, 0.2) is 0 Å². The van der Waals surface area contributed by atoms with Crippen molar-refractivity contribution in [2.45, 2.75) is 130 Å². The third-order valence-electron chi connectivity index (χ3n) is 12.5. The van der Waals surface area contributed by atoms with E-state index in [1.54, 1.807) is 29.8 Å². The van der Waals surface area contributed by atoms with E-state index in [4.69, 9.17) is 8.92 Å². The van der Waals surface area contributed by atoms with Gasteiger partial charge in [-0.1, -0.05) is 83.2 Å². The molecule has 1 aromatic carbocycles. The number of rotatable bonds is 12. The van der Waals surface area contributed by atoms with Crippen molar-refractivity contribution in [3.05, 3.63) is 41.5 Å². The molecule has 0 saturated heterocycles. The van der Waals surface area contributed by atoms with Crippen molar-refractivity contribution in [3.63, 3.8) is 0 Å². The van der Waals surface area contributed by atoms with E-state index in [9.17, 15) is 8.42 Å². The van der Waals surface area contributed by atoms with Gasteiger partial charge >= 0.3 is 0 Å². The zero-order valence-corrected chi connectivity index (χ0v) is 28.2. The number of hydrogen-bond acceptors (Lipinski definition) is 4. The Bertz CT molecular complexity index is 1190. The first-order chi connectivity index (χ1) is 19.9. The summed E-state index contributed by atoms with van der Waals surface area (Å²) in [6.45, 7) is 15.2. The van der Waals surface area contributed by atoms with Gasteiger partial charge in [-0.05, 0) is 123 Å². The fourth-order valence-corrected chi connectivity index (χ4v) is 11.0. The molecule has 1 aromatic rings. The first-order valence-corrected chi connectivity index (χ1v) is 18.6. The van der Waals surface area contributed by atoms with E-state index in [2.05, 4.69) is 40.7 Å². The Morgan fingerprint density at radius 2 is 1.67 bits per heavy atom. The van der Waals surface area contributed by atoms with Crippen LogP contribution in [0.5, 0.6) is 0 Å². The number of aryl methyl sites for hydroxylation is 1. The molecule has 0 spiro atoms. The minimum absolute atomic E-state index is 0.157. The van der Waals surface area contributed by atoms with Crippen LogP contribution in [-0.2, 0) is 19.0 Å². The molecule has 236 valence electrons. The normalized spacial score (nSPS) is 35.3. The van der Waals surface area contributed by atoms with Crippen LogP contribution in [-0.4, -0.2) is 27.7 Å². The van der Waals surface area contributed by atoms with Crippen molar-refractivity contribution < 1.29 is 17.3 Å². The Labute approximate surface area is 257 Å². The second-order valence-corrected chi connectivity index (χ2v) is 17.1. The minimum Gasteiger partial charge on any atom is -0.378 e. The van der Waals surface area contributed by atoms with Crippen LogP contribution >= 0.6 is 0 Å². The van der Waals surface area contributed by atoms with Gasteiger partial charge in [0, 0.05) is 6.61 Å². The van der Waals surface area contributed by atoms with E-state index < -0.39 is 10.1 Å². The van der Waals surface area contributed by atoms with Crippen LogP contribution < -0.4 is 0 Å². The standard InChI is InChI=1S/C37H58O4S/c1-26(2)9-7-10-28(4)33-17-18-34-32-16-13-29-25-30(19-21-36(29,5)35(32)20-22-37(33,34)6)40-23-8-24-41-42(38,39)31-14-11-27(3)12-15-31/h11-15,26,28,30,32-35H,7-10,16-25H2,1-6H3/t28-,30+,32?,33-,34?,35?,36+,37-/m1/s1. The molecule has 5 heteroatoms. The van der Waals surface area contributed by atoms with Crippen LogP contribution in [0.4, 0.5) is 0 Å². The molecule has 0 N–H and O–H groups in total. The molecule has 3 fully saturated rings. The molecule has 5 rings (SSSR count). The average Bonchev–Trinajstić information content (AvgIpc) is 3.30. The van der Waals surface area contributed by atoms with Gasteiger partial charge in [0.1, 0.15) is 0 Å². The largest absolute Gasteiger partial charge is 0.378 e. The van der Waals surface area contributed by atoms with E-state index in [0.29, 0.717) is 23.9 Å². The number of fused-ring (bicyclic) bond motifs is 5. The third-order valence-corrected chi connectivity index (χ3v) is 13.8. The van der Waals surface area contributed by atoms with Gasteiger partial charge < -0.3 is 4.74 Å². The quantitative estimate of drug-likeness (QED) is 0.137. The SMILES string of the molecule is Cc1ccc(S(=O)(=O)OCCCO[C@H]2CC[C@@]3(C)C(=CCC4C3CC[C@@]3(C)C4CC[C@@H]3[C@H](C)CCCC(C)C)C2)cc1. The topological polar surface area (TPSA) is 52.6 Å². The highest BCUT2D eigenvalue weighted by atomic mass is 32.2. The van der Waals surface area contributed by atoms with Crippen molar-refractivity contribution in [3.8, 4) is 0 Å². The number of allylic oxidation sites excluding steroid dienone is 1. The molecule has 8 atom stereocenters. The zero-order valence-electron chi connectivity index (χ0n) is 27.4. The van der Waals surface area contributed by atoms with Gasteiger partial charge in [0.25, 0.3) is 10.1 Å². The summed E-state index contributed by atoms with van der Waals surface area (Å²) < 4.78 is 36.5. The summed E-state index contributed by atoms with van der Waals surface area (Å²) in [5, 5.41) is 0. The maximum Gasteiger partial charge on any atom is 0.296 e. The lowest BCUT2D eigenvalue weighted by Crippen LogP contribution is -2.51. The van der Waals surface area contributed by atoms with Crippen LogP contribution in [0, 0.1) is 53.3 Å². The Kier molecular flexibility index (Phi) is 10.0. The fraction of sp³-hybridized carbons (Fsp3) is 0.784. The molecule has 4 aliphatic carbocycles. The molecule has 0 aliphatic heterocycles. The summed E-state index contributed by atoms with van der Waals surface area (Å²) in [4.78, 5) is 0.218. The lowest BCUT2D eigenvalue weighted by Gasteiger charge is -2.58. The summed E-state index contributed by atoms with van der Waals surface area (Å²) in [6, 6.07) is 6.81. The van der Waals surface area contributed by atoms with Gasteiger partial charge in [-0.25, -0.2) is 0 Å². The monoisotopic (exact) mass is 598 g/mol. The van der Waals surface area contributed by atoms with Crippen molar-refractivity contribution in [2.24, 2.45) is 46.3 Å². The van der Waals surface area contributed by atoms with Gasteiger partial charge in [-0.2, -0.15) is 8.42 Å². The predicted octanol–water partition coefficient (Wildman–Crippen LogP) is 9.52. The molecule has 4 nitrogen and oxygen atoms in total. The average molecular weight is 599 g/mol. The van der Waals surface area contributed by atoms with Crippen molar-refractivity contribution in [2.75, 3.05) is 13.2 Å². The maximum atomic E-state index is 12.4. The van der Waals surface area contributed by atoms with E-state index in [1.807, 2.05) is 6.92 Å². The van der Waals surface area contributed by atoms with Crippen LogP contribution in [0.2, 0.25) is 0 Å². The molecule has 0 aromatic heterocycles. The third kappa shape index (κ3) is 6.59. The zero-order chi connectivity index (χ0) is 30.1. The van der Waals surface area contributed by atoms with E-state index in [0.717, 1.165) is 53.9 Å². The Balaban J connectivity index is 1.12. The second-order valence-electron chi connectivity index (χ2n) is 15.5. The highest BCUT2D eigenvalue weighted by molar-refractivity contribution is 7.86. The molecule has 0 bridgehead atoms. The number of ether oxygens (including phenoxy) is 1. The lowest BCUT2D eigenvalue weighted by molar-refractivity contribution is -0.0643. The van der Waals surface area contributed by atoms with Crippen molar-refractivity contribution in [1.82, 2.24) is 0 Å². The molecular formula is C37H58O4S. The van der Waals surface area contributed by atoms with Crippen LogP contribution in [0.1, 0.15) is 117 Å². The predicted molar refractivity (Wildman–Crippen MR) is 172 cm³/mol. The van der Waals surface area contributed by atoms with Crippen LogP contribution in [0.15, 0.2) is 40.8 Å². The summed E-state index contributed by atoms with van der Waals surface area (Å²) in [7, 11) is -3.71. The van der Waals surface area contributed by atoms with E-state index in [-0.39, 0.29) is 17.6 Å². The molecule has 42 heavy (non-hydrogen) atoms. The van der Waals surface area contributed by atoms with Crippen molar-refractivity contribution >= 4 is 10.1 Å². The van der Waals surface area contributed by atoms with Gasteiger partial charge in [-0.3, -0.25) is 4.18 Å². The summed E-state index contributed by atoms with van der Waals surface area (Å²) in [5.41, 5.74) is 3.55. The van der Waals surface area contributed by atoms with Gasteiger partial charge in [0.05, 0.1) is 17.6 Å². The highest BCUT2D eigenvalue weighted by Crippen LogP contribution is 2.67. The van der Waals surface area contributed by atoms with Crippen LogP contribution in [0.25, 0.3) is 0 Å². The molecule has 3 saturated carbocycles. The van der Waals surface area contributed by atoms with E-state index >= 15 is 0 Å². The molecule has 0 radical (unpaired) electrons. The lowest BCUT2D eigenvalue weighted by atomic mass is 9.47. The molecule has 0 amide bonds. The fourth-order valence-electron chi connectivity index (χ4n) is 10.0. The first kappa shape index (κ1) is 32.2. The molecule has 4 aliphatic rings. The van der Waals surface area contributed by atoms with Gasteiger partial charge in [-0.15, -0.1) is 0 Å². The second kappa shape index (κ2) is 13.1. The minimum atomic E-state index is -3.71. The van der Waals surface area contributed by atoms with E-state index in [1.165, 1.54) is 57.8 Å². The number of hydrogen-bond donors (Lipinski definition) is 0. The molecular weight excluding hydrogens is 540 g/mol.